The highest BCUT2D eigenvalue weighted by atomic mass is 79.9. The lowest BCUT2D eigenvalue weighted by Crippen LogP contribution is -2.04. The largest absolute Gasteiger partial charge is 0.488 e. The molecule has 0 aliphatic rings. The maximum Gasteiger partial charge on any atom is 0.124 e. The van der Waals surface area contributed by atoms with Gasteiger partial charge >= 0.3 is 0 Å². The van der Waals surface area contributed by atoms with Gasteiger partial charge in [0, 0.05) is 42.3 Å². The average Bonchev–Trinajstić information content (AvgIpc) is 2.62. The summed E-state index contributed by atoms with van der Waals surface area (Å²) in [4.78, 5) is 0. The van der Waals surface area contributed by atoms with Crippen LogP contribution in [0.2, 0.25) is 10.0 Å². The predicted molar refractivity (Wildman–Crippen MR) is 116 cm³/mol. The van der Waals surface area contributed by atoms with E-state index in [-0.39, 0.29) is 0 Å². The molecule has 6 heteroatoms. The van der Waals surface area contributed by atoms with E-state index in [1.54, 1.807) is 0 Å². The summed E-state index contributed by atoms with van der Waals surface area (Å²) in [6, 6.07) is 19.4. The van der Waals surface area contributed by atoms with Crippen molar-refractivity contribution in [1.82, 2.24) is 0 Å². The summed E-state index contributed by atoms with van der Waals surface area (Å²) in [6.45, 7) is 0.943. The number of ether oxygens (including phenoxy) is 1. The smallest absolute Gasteiger partial charge is 0.124 e. The van der Waals surface area contributed by atoms with Crippen molar-refractivity contribution in [3.05, 3.63) is 90.8 Å². The summed E-state index contributed by atoms with van der Waals surface area (Å²) in [6.07, 6.45) is 0. The number of hydrogen-bond donors (Lipinski definition) is 1. The number of halogens is 4. The van der Waals surface area contributed by atoms with Gasteiger partial charge in [0.25, 0.3) is 0 Å². The van der Waals surface area contributed by atoms with Crippen LogP contribution in [0.15, 0.2) is 69.6 Å². The normalized spacial score (nSPS) is 10.6. The second-order valence-corrected chi connectivity index (χ2v) is 8.25. The molecule has 2 nitrogen and oxygen atoms in total. The zero-order chi connectivity index (χ0) is 18.5. The molecule has 0 bridgehead atoms. The number of nitrogens with one attached hydrogen (secondary N) is 1. The minimum atomic E-state index is 0.311. The Hall–Kier alpha value is -1.20. The highest BCUT2D eigenvalue weighted by Gasteiger charge is 2.09. The van der Waals surface area contributed by atoms with Gasteiger partial charge in [-0.05, 0) is 54.6 Å². The van der Waals surface area contributed by atoms with Gasteiger partial charge < -0.3 is 10.1 Å². The van der Waals surface area contributed by atoms with Crippen LogP contribution in [0, 0.1) is 0 Å². The first-order valence-electron chi connectivity index (χ1n) is 7.86. The van der Waals surface area contributed by atoms with Crippen molar-refractivity contribution in [3.63, 3.8) is 0 Å². The Morgan fingerprint density at radius 1 is 0.846 bits per heavy atom. The summed E-state index contributed by atoms with van der Waals surface area (Å²) in [5.41, 5.74) is 2.85. The van der Waals surface area contributed by atoms with Crippen molar-refractivity contribution in [2.24, 2.45) is 0 Å². The van der Waals surface area contributed by atoms with Crippen LogP contribution in [0.5, 0.6) is 5.75 Å². The number of rotatable bonds is 6. The lowest BCUT2D eigenvalue weighted by atomic mass is 10.2. The first kappa shape index (κ1) is 19.6. The first-order chi connectivity index (χ1) is 12.5. The van der Waals surface area contributed by atoms with Crippen LogP contribution in [0.4, 0.5) is 5.69 Å². The fraction of sp³-hybridized carbons (Fsp3) is 0.100. The van der Waals surface area contributed by atoms with Crippen molar-refractivity contribution < 1.29 is 4.74 Å². The Morgan fingerprint density at radius 3 is 2.19 bits per heavy atom. The van der Waals surface area contributed by atoms with E-state index in [0.717, 1.165) is 31.5 Å². The number of hydrogen-bond acceptors (Lipinski definition) is 2. The van der Waals surface area contributed by atoms with Gasteiger partial charge in [-0.25, -0.2) is 0 Å². The maximum atomic E-state index is 6.23. The highest BCUT2D eigenvalue weighted by molar-refractivity contribution is 9.10. The Labute approximate surface area is 179 Å². The Balaban J connectivity index is 1.74. The molecule has 0 radical (unpaired) electrons. The molecule has 0 aromatic heterocycles. The molecule has 1 N–H and O–H groups in total. The van der Waals surface area contributed by atoms with Gasteiger partial charge in [-0.3, -0.25) is 0 Å². The zero-order valence-electron chi connectivity index (χ0n) is 13.6. The summed E-state index contributed by atoms with van der Waals surface area (Å²) < 4.78 is 8.05. The molecule has 26 heavy (non-hydrogen) atoms. The van der Waals surface area contributed by atoms with Crippen LogP contribution < -0.4 is 10.1 Å². The summed E-state index contributed by atoms with van der Waals surface area (Å²) >= 11 is 19.4. The lowest BCUT2D eigenvalue weighted by molar-refractivity contribution is 0.303. The van der Waals surface area contributed by atoms with Crippen molar-refractivity contribution in [2.75, 3.05) is 5.32 Å². The lowest BCUT2D eigenvalue weighted by Gasteiger charge is -2.15. The average molecular weight is 516 g/mol. The highest BCUT2D eigenvalue weighted by Crippen LogP contribution is 2.29. The van der Waals surface area contributed by atoms with Gasteiger partial charge in [0.05, 0.1) is 0 Å². The van der Waals surface area contributed by atoms with Crippen molar-refractivity contribution in [3.8, 4) is 5.75 Å². The van der Waals surface area contributed by atoms with E-state index in [1.165, 1.54) is 0 Å². The monoisotopic (exact) mass is 513 g/mol. The van der Waals surface area contributed by atoms with Crippen molar-refractivity contribution >= 4 is 60.7 Å². The molecular formula is C20H15Br2Cl2NO. The molecule has 0 atom stereocenters. The molecular weight excluding hydrogens is 501 g/mol. The van der Waals surface area contributed by atoms with Gasteiger partial charge in [-0.1, -0.05) is 61.1 Å². The van der Waals surface area contributed by atoms with Gasteiger partial charge in [0.15, 0.2) is 0 Å². The van der Waals surface area contributed by atoms with Crippen LogP contribution in [-0.4, -0.2) is 0 Å². The van der Waals surface area contributed by atoms with Crippen LogP contribution >= 0.6 is 55.1 Å². The molecule has 3 rings (SSSR count). The SMILES string of the molecule is Clc1cccc(Cl)c1COc1ccc(Br)cc1CNc1ccc(Br)cc1. The minimum absolute atomic E-state index is 0.311. The summed E-state index contributed by atoms with van der Waals surface area (Å²) in [5, 5.41) is 4.61. The molecule has 0 amide bonds. The van der Waals surface area contributed by atoms with Gasteiger partial charge in [-0.15, -0.1) is 0 Å². The van der Waals surface area contributed by atoms with E-state index in [2.05, 4.69) is 37.2 Å². The fourth-order valence-corrected chi connectivity index (χ4v) is 3.59. The molecule has 0 heterocycles. The van der Waals surface area contributed by atoms with E-state index >= 15 is 0 Å². The Kier molecular flexibility index (Phi) is 6.87. The number of anilines is 1. The molecule has 0 spiro atoms. The van der Waals surface area contributed by atoms with Crippen LogP contribution in [0.25, 0.3) is 0 Å². The second kappa shape index (κ2) is 9.14. The summed E-state index contributed by atoms with van der Waals surface area (Å²) in [7, 11) is 0. The fourth-order valence-electron chi connectivity index (χ4n) is 2.41. The van der Waals surface area contributed by atoms with Gasteiger partial charge in [0.1, 0.15) is 12.4 Å². The van der Waals surface area contributed by atoms with Gasteiger partial charge in [-0.2, -0.15) is 0 Å². The second-order valence-electron chi connectivity index (χ2n) is 5.60. The molecule has 0 aliphatic heterocycles. The Bertz CT molecular complexity index is 881. The van der Waals surface area contributed by atoms with Crippen LogP contribution in [0.3, 0.4) is 0 Å². The third kappa shape index (κ3) is 5.17. The zero-order valence-corrected chi connectivity index (χ0v) is 18.3. The first-order valence-corrected chi connectivity index (χ1v) is 10.2. The third-order valence-electron chi connectivity index (χ3n) is 3.78. The Morgan fingerprint density at radius 2 is 1.50 bits per heavy atom. The van der Waals surface area contributed by atoms with Crippen molar-refractivity contribution in [1.29, 1.82) is 0 Å². The quantitative estimate of drug-likeness (QED) is 0.363. The molecule has 0 unspecified atom stereocenters. The molecule has 3 aromatic carbocycles. The standard InChI is InChI=1S/C20H15Br2Cl2NO/c21-14-4-7-16(8-5-14)25-11-13-10-15(22)6-9-20(13)26-12-17-18(23)2-1-3-19(17)24/h1-10,25H,11-12H2. The molecule has 0 aliphatic carbocycles. The minimum Gasteiger partial charge on any atom is -0.488 e. The molecule has 0 fully saturated rings. The topological polar surface area (TPSA) is 21.3 Å². The van der Waals surface area contributed by atoms with Crippen LogP contribution in [-0.2, 0) is 13.2 Å². The van der Waals surface area contributed by atoms with E-state index < -0.39 is 0 Å². The molecule has 3 aromatic rings. The summed E-state index contributed by atoms with van der Waals surface area (Å²) in [5.74, 6) is 0.786. The van der Waals surface area contributed by atoms with E-state index in [4.69, 9.17) is 27.9 Å². The number of benzene rings is 3. The third-order valence-corrected chi connectivity index (χ3v) is 5.51. The predicted octanol–water partition coefficient (Wildman–Crippen LogP) is 7.71. The molecule has 0 saturated heterocycles. The molecule has 0 saturated carbocycles. The van der Waals surface area contributed by atoms with E-state index in [0.29, 0.717) is 23.2 Å². The molecule has 134 valence electrons. The van der Waals surface area contributed by atoms with Crippen molar-refractivity contribution in [2.45, 2.75) is 13.2 Å². The maximum absolute atomic E-state index is 6.23. The van der Waals surface area contributed by atoms with E-state index in [9.17, 15) is 0 Å². The van der Waals surface area contributed by atoms with Crippen LogP contribution in [0.1, 0.15) is 11.1 Å². The van der Waals surface area contributed by atoms with E-state index in [1.807, 2.05) is 60.7 Å². The van der Waals surface area contributed by atoms with Gasteiger partial charge in [0.2, 0.25) is 0 Å².